The third-order valence-corrected chi connectivity index (χ3v) is 5.65. The average molecular weight is 530 g/mol. The molecule has 0 spiro atoms. The van der Waals surface area contributed by atoms with Gasteiger partial charge in [0.25, 0.3) is 5.69 Å². The zero-order chi connectivity index (χ0) is 28.1. The molecule has 2 N–H and O–H groups in total. The molecule has 0 fully saturated rings. The summed E-state index contributed by atoms with van der Waals surface area (Å²) in [7, 11) is 2.86. The molecule has 0 saturated carbocycles. The van der Waals surface area contributed by atoms with Crippen molar-refractivity contribution in [3.63, 3.8) is 0 Å². The Hall–Kier alpha value is -5.65. The van der Waals surface area contributed by atoms with Gasteiger partial charge in [0.1, 0.15) is 5.69 Å². The van der Waals surface area contributed by atoms with E-state index < -0.39 is 21.2 Å². The van der Waals surface area contributed by atoms with E-state index in [0.29, 0.717) is 22.5 Å². The highest BCUT2D eigenvalue weighted by molar-refractivity contribution is 5.75. The minimum atomic E-state index is -0.709. The number of methoxy groups -OCH3 is 2. The number of phenolic OH excluding ortho intramolecular Hbond substituents is 2. The Kier molecular flexibility index (Phi) is 7.57. The zero-order valence-corrected chi connectivity index (χ0v) is 20.7. The summed E-state index contributed by atoms with van der Waals surface area (Å²) in [5.74, 6) is 0.518. The van der Waals surface area contributed by atoms with Crippen molar-refractivity contribution in [1.29, 1.82) is 0 Å². The standard InChI is InChI=1S/C27H22N4O8/c1-38-26-13-17(5-11-24(26)32)3-7-19-15-20(8-4-18-6-12-25(33)27(14-18)39-2)29(28-19)22-10-9-21(30(34)35)16-23(22)31(36)37/h3-16,32-33H,1-2H3/b7-3+,8-4+. The van der Waals surface area contributed by atoms with Crippen LogP contribution < -0.4 is 9.47 Å². The number of nitro benzene ring substituents is 2. The number of aromatic nitrogens is 2. The van der Waals surface area contributed by atoms with Crippen molar-refractivity contribution in [3.05, 3.63) is 103 Å². The molecule has 1 aromatic heterocycles. The number of ether oxygens (including phenoxy) is 2. The van der Waals surface area contributed by atoms with Gasteiger partial charge in [-0.05, 0) is 59.7 Å². The van der Waals surface area contributed by atoms with Crippen LogP contribution in [0.1, 0.15) is 22.5 Å². The maximum absolute atomic E-state index is 11.8. The van der Waals surface area contributed by atoms with Crippen LogP contribution in [0.2, 0.25) is 0 Å². The predicted octanol–water partition coefficient (Wildman–Crippen LogP) is 5.46. The molecule has 0 bridgehead atoms. The van der Waals surface area contributed by atoms with E-state index in [1.807, 2.05) is 0 Å². The second-order valence-corrected chi connectivity index (χ2v) is 8.12. The molecular formula is C27H22N4O8. The first-order valence-corrected chi connectivity index (χ1v) is 11.3. The highest BCUT2D eigenvalue weighted by Gasteiger charge is 2.23. The van der Waals surface area contributed by atoms with Crippen molar-refractivity contribution in [2.75, 3.05) is 14.2 Å². The zero-order valence-electron chi connectivity index (χ0n) is 20.7. The first-order chi connectivity index (χ1) is 18.7. The quantitative estimate of drug-likeness (QED) is 0.211. The van der Waals surface area contributed by atoms with Crippen LogP contribution in [0.5, 0.6) is 23.0 Å². The monoisotopic (exact) mass is 530 g/mol. The number of benzene rings is 3. The summed E-state index contributed by atoms with van der Waals surface area (Å²) >= 11 is 0. The highest BCUT2D eigenvalue weighted by atomic mass is 16.6. The molecule has 0 unspecified atom stereocenters. The number of non-ortho nitro benzene ring substituents is 1. The number of hydrogen-bond acceptors (Lipinski definition) is 9. The predicted molar refractivity (Wildman–Crippen MR) is 144 cm³/mol. The lowest BCUT2D eigenvalue weighted by atomic mass is 10.1. The lowest BCUT2D eigenvalue weighted by molar-refractivity contribution is -0.394. The van der Waals surface area contributed by atoms with Gasteiger partial charge in [-0.3, -0.25) is 20.2 Å². The Morgan fingerprint density at radius 3 is 1.90 bits per heavy atom. The molecule has 39 heavy (non-hydrogen) atoms. The Labute approximate surface area is 221 Å². The summed E-state index contributed by atoms with van der Waals surface area (Å²) in [6.07, 6.45) is 6.74. The van der Waals surface area contributed by atoms with E-state index in [1.165, 1.54) is 43.2 Å². The van der Waals surface area contributed by atoms with Gasteiger partial charge in [-0.2, -0.15) is 5.10 Å². The van der Waals surface area contributed by atoms with E-state index in [2.05, 4.69) is 5.10 Å². The lowest BCUT2D eigenvalue weighted by Gasteiger charge is -2.06. The molecule has 1 heterocycles. The summed E-state index contributed by atoms with van der Waals surface area (Å²) < 4.78 is 11.6. The molecule has 12 heteroatoms. The first-order valence-electron chi connectivity index (χ1n) is 11.3. The van der Waals surface area contributed by atoms with Gasteiger partial charge < -0.3 is 19.7 Å². The van der Waals surface area contributed by atoms with Gasteiger partial charge in [0.15, 0.2) is 23.0 Å². The molecule has 0 amide bonds. The van der Waals surface area contributed by atoms with Crippen molar-refractivity contribution in [1.82, 2.24) is 9.78 Å². The van der Waals surface area contributed by atoms with E-state index in [1.54, 1.807) is 54.6 Å². The van der Waals surface area contributed by atoms with E-state index >= 15 is 0 Å². The van der Waals surface area contributed by atoms with Crippen molar-refractivity contribution in [2.45, 2.75) is 0 Å². The third kappa shape index (κ3) is 5.85. The topological polar surface area (TPSA) is 163 Å². The summed E-state index contributed by atoms with van der Waals surface area (Å²) in [5, 5.41) is 47.2. The van der Waals surface area contributed by atoms with Crippen molar-refractivity contribution in [3.8, 4) is 28.7 Å². The van der Waals surface area contributed by atoms with Crippen molar-refractivity contribution in [2.24, 2.45) is 0 Å². The number of aromatic hydroxyl groups is 2. The summed E-state index contributed by atoms with van der Waals surface area (Å²) in [4.78, 5) is 21.6. The second kappa shape index (κ2) is 11.2. The van der Waals surface area contributed by atoms with Crippen LogP contribution in [0, 0.1) is 20.2 Å². The Morgan fingerprint density at radius 1 is 0.769 bits per heavy atom. The van der Waals surface area contributed by atoms with Gasteiger partial charge in [-0.15, -0.1) is 0 Å². The van der Waals surface area contributed by atoms with E-state index in [0.717, 1.165) is 6.07 Å². The van der Waals surface area contributed by atoms with E-state index in [9.17, 15) is 30.4 Å². The number of rotatable bonds is 9. The molecule has 4 rings (SSSR count). The molecule has 4 aromatic rings. The lowest BCUT2D eigenvalue weighted by Crippen LogP contribution is -2.04. The molecule has 12 nitrogen and oxygen atoms in total. The fourth-order valence-electron chi connectivity index (χ4n) is 3.72. The summed E-state index contributed by atoms with van der Waals surface area (Å²) in [5.41, 5.74) is 1.34. The Morgan fingerprint density at radius 2 is 1.36 bits per heavy atom. The van der Waals surface area contributed by atoms with Crippen LogP contribution >= 0.6 is 0 Å². The summed E-state index contributed by atoms with van der Waals surface area (Å²) in [6, 6.07) is 14.5. The number of nitro groups is 2. The van der Waals surface area contributed by atoms with Crippen LogP contribution in [0.3, 0.4) is 0 Å². The Balaban J connectivity index is 1.81. The molecule has 0 aliphatic carbocycles. The van der Waals surface area contributed by atoms with Crippen LogP contribution in [-0.2, 0) is 0 Å². The fourth-order valence-corrected chi connectivity index (χ4v) is 3.72. The van der Waals surface area contributed by atoms with Crippen LogP contribution in [0.25, 0.3) is 30.0 Å². The van der Waals surface area contributed by atoms with Gasteiger partial charge in [-0.1, -0.05) is 24.3 Å². The molecule has 0 atom stereocenters. The van der Waals surface area contributed by atoms with Crippen LogP contribution in [-0.4, -0.2) is 44.1 Å². The molecule has 0 saturated heterocycles. The molecule has 0 aliphatic heterocycles. The second-order valence-electron chi connectivity index (χ2n) is 8.12. The number of nitrogens with zero attached hydrogens (tertiary/aromatic N) is 4. The average Bonchev–Trinajstić information content (AvgIpc) is 3.34. The van der Waals surface area contributed by atoms with Gasteiger partial charge in [-0.25, -0.2) is 4.68 Å². The van der Waals surface area contributed by atoms with Crippen LogP contribution in [0.15, 0.2) is 60.7 Å². The maximum atomic E-state index is 11.8. The molecular weight excluding hydrogens is 508 g/mol. The molecule has 0 aliphatic rings. The van der Waals surface area contributed by atoms with Gasteiger partial charge in [0, 0.05) is 6.07 Å². The molecule has 198 valence electrons. The van der Waals surface area contributed by atoms with E-state index in [-0.39, 0.29) is 28.7 Å². The normalized spacial score (nSPS) is 11.2. The third-order valence-electron chi connectivity index (χ3n) is 5.65. The number of hydrogen-bond donors (Lipinski definition) is 2. The summed E-state index contributed by atoms with van der Waals surface area (Å²) in [6.45, 7) is 0. The minimum absolute atomic E-state index is 0.0114. The Bertz CT molecular complexity index is 1620. The largest absolute Gasteiger partial charge is 0.504 e. The van der Waals surface area contributed by atoms with Crippen molar-refractivity contribution >= 4 is 35.7 Å². The molecule has 0 radical (unpaired) electrons. The SMILES string of the molecule is COc1cc(/C=C/c2cc(/C=C/c3ccc(O)c(OC)c3)n(-c3ccc([N+](=O)[O-])cc3[N+](=O)[O-])n2)ccc1O. The van der Waals surface area contributed by atoms with Crippen molar-refractivity contribution < 1.29 is 29.5 Å². The van der Waals surface area contributed by atoms with Gasteiger partial charge in [0.2, 0.25) is 0 Å². The smallest absolute Gasteiger partial charge is 0.301 e. The maximum Gasteiger partial charge on any atom is 0.301 e. The van der Waals surface area contributed by atoms with Gasteiger partial charge in [0.05, 0.1) is 41.5 Å². The molecule has 3 aromatic carbocycles. The van der Waals surface area contributed by atoms with E-state index in [4.69, 9.17) is 9.47 Å². The fraction of sp³-hybridized carbons (Fsp3) is 0.0741. The first kappa shape index (κ1) is 26.4. The van der Waals surface area contributed by atoms with Crippen LogP contribution in [0.4, 0.5) is 11.4 Å². The minimum Gasteiger partial charge on any atom is -0.504 e. The van der Waals surface area contributed by atoms with Gasteiger partial charge >= 0.3 is 5.69 Å². The number of phenols is 2. The highest BCUT2D eigenvalue weighted by Crippen LogP contribution is 2.31.